The summed E-state index contributed by atoms with van der Waals surface area (Å²) in [4.78, 5) is 12.0. The first-order valence-corrected chi connectivity index (χ1v) is 7.05. The van der Waals surface area contributed by atoms with Gasteiger partial charge in [-0.15, -0.1) is 11.3 Å². The van der Waals surface area contributed by atoms with Gasteiger partial charge in [-0.3, -0.25) is 0 Å². The Balaban J connectivity index is 2.20. The fourth-order valence-corrected chi connectivity index (χ4v) is 2.15. The maximum atomic E-state index is 13.9. The highest BCUT2D eigenvalue weighted by Crippen LogP contribution is 2.22. The van der Waals surface area contributed by atoms with Crippen LogP contribution in [0.4, 0.5) is 16.0 Å². The standard InChI is InChI=1S/C9H11FN6S2/c1-17-9-14-7(6(10)8(15-9)16-11)13-4-5-12-2-3-18-5/h2-3H,4,11H2,1H3,(H2,13,14,15,16). The van der Waals surface area contributed by atoms with Gasteiger partial charge in [-0.2, -0.15) is 4.39 Å². The minimum absolute atomic E-state index is 0.0315. The summed E-state index contributed by atoms with van der Waals surface area (Å²) >= 11 is 2.79. The van der Waals surface area contributed by atoms with E-state index in [9.17, 15) is 4.39 Å². The number of anilines is 2. The third kappa shape index (κ3) is 2.86. The fourth-order valence-electron chi connectivity index (χ4n) is 1.23. The third-order valence-corrected chi connectivity index (χ3v) is 3.37. The lowest BCUT2D eigenvalue weighted by molar-refractivity contribution is 0.613. The maximum absolute atomic E-state index is 13.9. The summed E-state index contributed by atoms with van der Waals surface area (Å²) in [7, 11) is 0. The minimum Gasteiger partial charge on any atom is -0.361 e. The predicted molar refractivity (Wildman–Crippen MR) is 71.0 cm³/mol. The van der Waals surface area contributed by atoms with E-state index >= 15 is 0 Å². The van der Waals surface area contributed by atoms with Crippen LogP contribution in [0.15, 0.2) is 16.7 Å². The van der Waals surface area contributed by atoms with Crippen molar-refractivity contribution < 1.29 is 4.39 Å². The average Bonchev–Trinajstić information content (AvgIpc) is 2.90. The molecule has 0 bridgehead atoms. The minimum atomic E-state index is -0.605. The van der Waals surface area contributed by atoms with Gasteiger partial charge in [0.1, 0.15) is 5.01 Å². The van der Waals surface area contributed by atoms with Crippen molar-refractivity contribution in [3.8, 4) is 0 Å². The molecule has 0 saturated carbocycles. The van der Waals surface area contributed by atoms with E-state index in [-0.39, 0.29) is 11.6 Å². The van der Waals surface area contributed by atoms with Crippen LogP contribution in [0.3, 0.4) is 0 Å². The number of hydrogen-bond acceptors (Lipinski definition) is 8. The van der Waals surface area contributed by atoms with Gasteiger partial charge < -0.3 is 10.7 Å². The highest BCUT2D eigenvalue weighted by Gasteiger charge is 2.13. The Hall–Kier alpha value is -1.45. The van der Waals surface area contributed by atoms with Gasteiger partial charge in [-0.1, -0.05) is 11.8 Å². The van der Waals surface area contributed by atoms with Gasteiger partial charge in [0.05, 0.1) is 6.54 Å². The molecule has 0 saturated heterocycles. The van der Waals surface area contributed by atoms with Gasteiger partial charge in [0.25, 0.3) is 0 Å². The van der Waals surface area contributed by atoms with Crippen LogP contribution in [0.1, 0.15) is 5.01 Å². The summed E-state index contributed by atoms with van der Waals surface area (Å²) in [6.07, 6.45) is 3.50. The molecule has 4 N–H and O–H groups in total. The van der Waals surface area contributed by atoms with E-state index in [1.54, 1.807) is 12.5 Å². The number of hydrazine groups is 1. The third-order valence-electron chi connectivity index (χ3n) is 2.04. The predicted octanol–water partition coefficient (Wildman–Crippen LogP) is 1.69. The number of halogens is 1. The first-order chi connectivity index (χ1) is 8.74. The number of nitrogen functional groups attached to an aromatic ring is 1. The number of rotatable bonds is 5. The smallest absolute Gasteiger partial charge is 0.209 e. The summed E-state index contributed by atoms with van der Waals surface area (Å²) in [5, 5.41) is 6.02. The molecule has 18 heavy (non-hydrogen) atoms. The molecule has 0 spiro atoms. The Kier molecular flexibility index (Phi) is 4.28. The van der Waals surface area contributed by atoms with Crippen molar-refractivity contribution in [1.29, 1.82) is 0 Å². The molecule has 2 heterocycles. The second kappa shape index (κ2) is 5.94. The number of aromatic nitrogens is 3. The molecule has 0 aliphatic carbocycles. The number of nitrogens with two attached hydrogens (primary N) is 1. The molecule has 2 aromatic heterocycles. The summed E-state index contributed by atoms with van der Waals surface area (Å²) in [6, 6.07) is 0. The van der Waals surface area contributed by atoms with Crippen LogP contribution in [0.25, 0.3) is 0 Å². The SMILES string of the molecule is CSc1nc(NN)c(F)c(NCc2nccs2)n1. The van der Waals surface area contributed by atoms with E-state index < -0.39 is 5.82 Å². The van der Waals surface area contributed by atoms with E-state index in [2.05, 4.69) is 25.7 Å². The van der Waals surface area contributed by atoms with Crippen LogP contribution in [0.5, 0.6) is 0 Å². The van der Waals surface area contributed by atoms with Gasteiger partial charge in [0.2, 0.25) is 5.82 Å². The maximum Gasteiger partial charge on any atom is 0.209 e. The number of thioether (sulfide) groups is 1. The Labute approximate surface area is 111 Å². The van der Waals surface area contributed by atoms with Gasteiger partial charge in [-0.05, 0) is 6.26 Å². The zero-order valence-corrected chi connectivity index (χ0v) is 11.1. The van der Waals surface area contributed by atoms with E-state index in [4.69, 9.17) is 5.84 Å². The molecule has 0 aliphatic rings. The van der Waals surface area contributed by atoms with Gasteiger partial charge >= 0.3 is 0 Å². The zero-order valence-electron chi connectivity index (χ0n) is 9.48. The van der Waals surface area contributed by atoms with E-state index in [0.717, 1.165) is 5.01 Å². The molecule has 0 atom stereocenters. The second-order valence-corrected chi connectivity index (χ2v) is 4.90. The van der Waals surface area contributed by atoms with Crippen molar-refractivity contribution >= 4 is 34.7 Å². The molecule has 0 radical (unpaired) electrons. The molecule has 0 unspecified atom stereocenters. The van der Waals surface area contributed by atoms with Crippen molar-refractivity contribution in [2.75, 3.05) is 17.0 Å². The lowest BCUT2D eigenvalue weighted by atomic mass is 10.5. The van der Waals surface area contributed by atoms with Crippen LogP contribution in [0.2, 0.25) is 0 Å². The summed E-state index contributed by atoms with van der Waals surface area (Å²) in [6.45, 7) is 0.406. The monoisotopic (exact) mass is 286 g/mol. The summed E-state index contributed by atoms with van der Waals surface area (Å²) in [5.41, 5.74) is 2.21. The first kappa shape index (κ1) is 13.0. The van der Waals surface area contributed by atoms with Gasteiger partial charge in [-0.25, -0.2) is 20.8 Å². The molecular weight excluding hydrogens is 275 g/mol. The lowest BCUT2D eigenvalue weighted by Crippen LogP contribution is -2.14. The Morgan fingerprint density at radius 1 is 1.44 bits per heavy atom. The number of nitrogens with zero attached hydrogens (tertiary/aromatic N) is 3. The van der Waals surface area contributed by atoms with Crippen molar-refractivity contribution in [1.82, 2.24) is 15.0 Å². The second-order valence-electron chi connectivity index (χ2n) is 3.15. The quantitative estimate of drug-likeness (QED) is 0.333. The molecular formula is C9H11FN6S2. The summed E-state index contributed by atoms with van der Waals surface area (Å²) in [5.74, 6) is 4.68. The van der Waals surface area contributed by atoms with Gasteiger partial charge in [0.15, 0.2) is 16.8 Å². The van der Waals surface area contributed by atoms with E-state index in [1.807, 2.05) is 5.38 Å². The molecule has 2 rings (SSSR count). The number of hydrogen-bond donors (Lipinski definition) is 3. The Morgan fingerprint density at radius 2 is 2.22 bits per heavy atom. The van der Waals surface area contributed by atoms with Crippen LogP contribution in [-0.2, 0) is 6.54 Å². The van der Waals surface area contributed by atoms with Crippen molar-refractivity contribution in [3.63, 3.8) is 0 Å². The largest absolute Gasteiger partial charge is 0.361 e. The van der Waals surface area contributed by atoms with Crippen molar-refractivity contribution in [2.45, 2.75) is 11.7 Å². The molecule has 0 aromatic carbocycles. The highest BCUT2D eigenvalue weighted by molar-refractivity contribution is 7.98. The number of nitrogens with one attached hydrogen (secondary N) is 2. The first-order valence-electron chi connectivity index (χ1n) is 4.95. The van der Waals surface area contributed by atoms with Crippen LogP contribution in [0, 0.1) is 5.82 Å². The van der Waals surface area contributed by atoms with Crippen LogP contribution >= 0.6 is 23.1 Å². The van der Waals surface area contributed by atoms with Crippen molar-refractivity contribution in [2.24, 2.45) is 5.84 Å². The Morgan fingerprint density at radius 3 is 2.83 bits per heavy atom. The average molecular weight is 286 g/mol. The highest BCUT2D eigenvalue weighted by atomic mass is 32.2. The van der Waals surface area contributed by atoms with Crippen molar-refractivity contribution in [3.05, 3.63) is 22.4 Å². The van der Waals surface area contributed by atoms with E-state index in [1.165, 1.54) is 23.1 Å². The van der Waals surface area contributed by atoms with Crippen LogP contribution in [-0.4, -0.2) is 21.2 Å². The molecule has 0 fully saturated rings. The number of thiazole rings is 1. The van der Waals surface area contributed by atoms with Gasteiger partial charge in [0, 0.05) is 11.6 Å². The Bertz CT molecular complexity index is 518. The topological polar surface area (TPSA) is 88.8 Å². The molecule has 96 valence electrons. The zero-order chi connectivity index (χ0) is 13.0. The molecule has 2 aromatic rings. The summed E-state index contributed by atoms with van der Waals surface area (Å²) < 4.78 is 13.9. The lowest BCUT2D eigenvalue weighted by Gasteiger charge is -2.09. The molecule has 0 amide bonds. The molecule has 6 nitrogen and oxygen atoms in total. The fraction of sp³-hybridized carbons (Fsp3) is 0.222. The normalized spacial score (nSPS) is 10.4. The van der Waals surface area contributed by atoms with Crippen LogP contribution < -0.4 is 16.6 Å². The van der Waals surface area contributed by atoms with E-state index in [0.29, 0.717) is 11.7 Å². The molecule has 0 aliphatic heterocycles. The molecule has 9 heteroatoms.